The van der Waals surface area contributed by atoms with Crippen LogP contribution in [0.25, 0.3) is 0 Å². The topological polar surface area (TPSA) is 29.1 Å². The number of alkyl halides is 1. The fraction of sp³-hybridized carbons (Fsp3) is 0.545. The van der Waals surface area contributed by atoms with Crippen molar-refractivity contribution in [2.45, 2.75) is 20.3 Å². The third-order valence-electron chi connectivity index (χ3n) is 2.04. The lowest BCUT2D eigenvalue weighted by Gasteiger charge is -2.21. The van der Waals surface area contributed by atoms with Gasteiger partial charge in [0.05, 0.1) is 6.42 Å². The van der Waals surface area contributed by atoms with E-state index in [2.05, 4.69) is 5.32 Å². The summed E-state index contributed by atoms with van der Waals surface area (Å²) in [7, 11) is 0. The number of thiophene rings is 1. The minimum atomic E-state index is -0.0351. The van der Waals surface area contributed by atoms with E-state index in [1.165, 1.54) is 0 Å². The molecule has 0 aliphatic heterocycles. The van der Waals surface area contributed by atoms with E-state index >= 15 is 0 Å². The summed E-state index contributed by atoms with van der Waals surface area (Å²) in [5, 5.41) is 4.87. The zero-order chi connectivity index (χ0) is 11.3. The first-order valence-corrected chi connectivity index (χ1v) is 6.30. The largest absolute Gasteiger partial charge is 0.355 e. The molecule has 0 radical (unpaired) electrons. The van der Waals surface area contributed by atoms with Crippen molar-refractivity contribution >= 4 is 28.8 Å². The van der Waals surface area contributed by atoms with Gasteiger partial charge in [0, 0.05) is 17.3 Å². The molecule has 0 saturated carbocycles. The van der Waals surface area contributed by atoms with Crippen LogP contribution in [0.2, 0.25) is 0 Å². The minimum Gasteiger partial charge on any atom is -0.355 e. The smallest absolute Gasteiger partial charge is 0.225 e. The highest BCUT2D eigenvalue weighted by Crippen LogP contribution is 2.15. The summed E-state index contributed by atoms with van der Waals surface area (Å²) in [6.45, 7) is 4.69. The van der Waals surface area contributed by atoms with Crippen LogP contribution in [-0.4, -0.2) is 18.3 Å². The molecule has 1 rings (SSSR count). The van der Waals surface area contributed by atoms with Crippen LogP contribution in [0, 0.1) is 5.41 Å². The second-order valence-corrected chi connectivity index (χ2v) is 5.63. The molecule has 0 aliphatic carbocycles. The summed E-state index contributed by atoms with van der Waals surface area (Å²) in [6.07, 6.45) is 0.468. The van der Waals surface area contributed by atoms with Crippen molar-refractivity contribution in [2.75, 3.05) is 12.4 Å². The van der Waals surface area contributed by atoms with Crippen molar-refractivity contribution in [2.24, 2.45) is 5.41 Å². The van der Waals surface area contributed by atoms with Gasteiger partial charge in [0.2, 0.25) is 5.91 Å². The number of rotatable bonds is 5. The fourth-order valence-electron chi connectivity index (χ4n) is 1.02. The molecule has 84 valence electrons. The zero-order valence-electron chi connectivity index (χ0n) is 9.05. The summed E-state index contributed by atoms with van der Waals surface area (Å²) in [5.74, 6) is 0.613. The molecule has 15 heavy (non-hydrogen) atoms. The van der Waals surface area contributed by atoms with Crippen molar-refractivity contribution < 1.29 is 4.79 Å². The van der Waals surface area contributed by atoms with Gasteiger partial charge < -0.3 is 5.32 Å². The van der Waals surface area contributed by atoms with E-state index in [1.807, 2.05) is 31.4 Å². The molecular weight excluding hydrogens is 230 g/mol. The number of carbonyl (C=O) groups excluding carboxylic acids is 1. The molecule has 0 aromatic carbocycles. The first-order valence-electron chi connectivity index (χ1n) is 4.88. The van der Waals surface area contributed by atoms with E-state index in [0.717, 1.165) is 4.88 Å². The Bertz CT molecular complexity index is 308. The van der Waals surface area contributed by atoms with Crippen LogP contribution in [0.15, 0.2) is 17.5 Å². The number of hydrogen-bond acceptors (Lipinski definition) is 2. The molecule has 0 unspecified atom stereocenters. The molecule has 1 N–H and O–H groups in total. The Hall–Kier alpha value is -0.540. The van der Waals surface area contributed by atoms with E-state index in [1.54, 1.807) is 11.3 Å². The molecule has 0 bridgehead atoms. The maximum atomic E-state index is 11.5. The number of halogens is 1. The van der Waals surface area contributed by atoms with Gasteiger partial charge in [0.1, 0.15) is 0 Å². The van der Waals surface area contributed by atoms with Gasteiger partial charge in [-0.15, -0.1) is 22.9 Å². The first-order chi connectivity index (χ1) is 7.03. The van der Waals surface area contributed by atoms with Gasteiger partial charge in [0.15, 0.2) is 0 Å². The number of carbonyl (C=O) groups is 1. The minimum absolute atomic E-state index is 0.0351. The fourth-order valence-corrected chi connectivity index (χ4v) is 1.82. The van der Waals surface area contributed by atoms with Gasteiger partial charge in [0.25, 0.3) is 0 Å². The number of nitrogens with one attached hydrogen (secondary N) is 1. The average Bonchev–Trinajstić information content (AvgIpc) is 2.68. The van der Waals surface area contributed by atoms with Gasteiger partial charge in [-0.1, -0.05) is 19.9 Å². The van der Waals surface area contributed by atoms with Gasteiger partial charge in [-0.05, 0) is 16.9 Å². The van der Waals surface area contributed by atoms with Crippen LogP contribution in [0.5, 0.6) is 0 Å². The zero-order valence-corrected chi connectivity index (χ0v) is 10.6. The second kappa shape index (κ2) is 5.52. The standard InChI is InChI=1S/C11H16ClNOS/c1-11(2,7-12)8-13-10(14)6-9-4-3-5-15-9/h3-5H,6-8H2,1-2H3,(H,13,14). The lowest BCUT2D eigenvalue weighted by atomic mass is 9.96. The van der Waals surface area contributed by atoms with Crippen LogP contribution >= 0.6 is 22.9 Å². The Kier molecular flexibility index (Phi) is 4.61. The normalized spacial score (nSPS) is 11.4. The molecule has 1 amide bonds. The third kappa shape index (κ3) is 4.67. The highest BCUT2D eigenvalue weighted by molar-refractivity contribution is 7.10. The maximum Gasteiger partial charge on any atom is 0.225 e. The molecule has 1 heterocycles. The predicted molar refractivity (Wildman–Crippen MR) is 65.5 cm³/mol. The van der Waals surface area contributed by atoms with Crippen LogP contribution in [-0.2, 0) is 11.2 Å². The maximum absolute atomic E-state index is 11.5. The van der Waals surface area contributed by atoms with Gasteiger partial charge in [-0.25, -0.2) is 0 Å². The molecule has 0 aliphatic rings. The summed E-state index contributed by atoms with van der Waals surface area (Å²) >= 11 is 7.37. The SMILES string of the molecule is CC(C)(CCl)CNC(=O)Cc1cccs1. The molecule has 0 saturated heterocycles. The van der Waals surface area contributed by atoms with E-state index in [9.17, 15) is 4.79 Å². The molecular formula is C11H16ClNOS. The predicted octanol–water partition coefficient (Wildman–Crippen LogP) is 2.67. The van der Waals surface area contributed by atoms with Crippen molar-refractivity contribution in [1.82, 2.24) is 5.32 Å². The molecule has 2 nitrogen and oxygen atoms in total. The molecule has 0 spiro atoms. The second-order valence-electron chi connectivity index (χ2n) is 4.33. The molecule has 4 heteroatoms. The highest BCUT2D eigenvalue weighted by Gasteiger charge is 2.17. The van der Waals surface area contributed by atoms with Crippen molar-refractivity contribution in [3.05, 3.63) is 22.4 Å². The quantitative estimate of drug-likeness (QED) is 0.794. The van der Waals surface area contributed by atoms with Crippen LogP contribution in [0.1, 0.15) is 18.7 Å². The Morgan fingerprint density at radius 2 is 2.33 bits per heavy atom. The van der Waals surface area contributed by atoms with Crippen molar-refractivity contribution in [3.63, 3.8) is 0 Å². The van der Waals surface area contributed by atoms with Crippen molar-refractivity contribution in [1.29, 1.82) is 0 Å². The monoisotopic (exact) mass is 245 g/mol. The van der Waals surface area contributed by atoms with E-state index in [-0.39, 0.29) is 11.3 Å². The third-order valence-corrected chi connectivity index (χ3v) is 3.64. The Balaban J connectivity index is 2.31. The lowest BCUT2D eigenvalue weighted by Crippen LogP contribution is -2.35. The van der Waals surface area contributed by atoms with E-state index in [4.69, 9.17) is 11.6 Å². The summed E-state index contributed by atoms with van der Waals surface area (Å²) < 4.78 is 0. The van der Waals surface area contributed by atoms with Gasteiger partial charge in [-0.3, -0.25) is 4.79 Å². The summed E-state index contributed by atoms with van der Waals surface area (Å²) in [4.78, 5) is 12.6. The van der Waals surface area contributed by atoms with Crippen LogP contribution in [0.3, 0.4) is 0 Å². The average molecular weight is 246 g/mol. The highest BCUT2D eigenvalue weighted by atomic mass is 35.5. The first kappa shape index (κ1) is 12.5. The van der Waals surface area contributed by atoms with Gasteiger partial charge >= 0.3 is 0 Å². The molecule has 1 aromatic heterocycles. The summed E-state index contributed by atoms with van der Waals surface area (Å²) in [6, 6.07) is 3.92. The summed E-state index contributed by atoms with van der Waals surface area (Å²) in [5.41, 5.74) is -0.0351. The lowest BCUT2D eigenvalue weighted by molar-refractivity contribution is -0.120. The van der Waals surface area contributed by atoms with Crippen LogP contribution in [0.4, 0.5) is 0 Å². The molecule has 0 fully saturated rings. The van der Waals surface area contributed by atoms with Gasteiger partial charge in [-0.2, -0.15) is 0 Å². The van der Waals surface area contributed by atoms with Crippen molar-refractivity contribution in [3.8, 4) is 0 Å². The van der Waals surface area contributed by atoms with E-state index < -0.39 is 0 Å². The number of hydrogen-bond donors (Lipinski definition) is 1. The Morgan fingerprint density at radius 1 is 1.60 bits per heavy atom. The number of amides is 1. The van der Waals surface area contributed by atoms with E-state index in [0.29, 0.717) is 18.8 Å². The molecule has 1 aromatic rings. The Morgan fingerprint density at radius 3 is 2.87 bits per heavy atom. The molecule has 0 atom stereocenters. The Labute approximate surface area is 99.6 Å². The van der Waals surface area contributed by atoms with Crippen LogP contribution < -0.4 is 5.32 Å².